The highest BCUT2D eigenvalue weighted by Gasteiger charge is 2.17. The summed E-state index contributed by atoms with van der Waals surface area (Å²) in [6.07, 6.45) is 0. The lowest BCUT2D eigenvalue weighted by atomic mass is 10.8. The van der Waals surface area contributed by atoms with E-state index in [1.54, 1.807) is 0 Å². The molecular formula is C6Cl18N12P6. The maximum atomic E-state index is 5.61. The molecule has 0 amide bonds. The molecule has 0 aromatic carbocycles. The fourth-order valence-electron chi connectivity index (χ4n) is 1.56. The van der Waals surface area contributed by atoms with Crippen LogP contribution in [0.3, 0.4) is 0 Å². The quantitative estimate of drug-likeness (QED) is 0.263. The van der Waals surface area contributed by atoms with Crippen LogP contribution in [0.25, 0.3) is 0 Å². The molecule has 240 valence electrons. The fourth-order valence-corrected chi connectivity index (χ4v) is 6.97. The van der Waals surface area contributed by atoms with E-state index >= 15 is 0 Å². The van der Waals surface area contributed by atoms with Crippen LogP contribution in [-0.4, -0.2) is 29.9 Å². The third-order valence-electron chi connectivity index (χ3n) is 2.42. The Balaban J connectivity index is 0.000000420. The highest BCUT2D eigenvalue weighted by atomic mass is 36.1. The molecular weight excluding hydrogens is 1060 g/mol. The maximum absolute atomic E-state index is 5.61. The number of hydrogen-bond donors (Lipinski definition) is 0. The molecule has 0 spiro atoms. The SMILES string of the molecule is ClP(Cl)(Cl)=Nc1nc(N=P(Cl)(Cl)Cl)nc(N=P(Cl)(Cl)Cl)n1.ClP(Cl)(Cl)=Nc1nc(N=P(Cl)(Cl)Cl)nc(N=P(Cl)(Cl)Cl)n1. The van der Waals surface area contributed by atoms with Gasteiger partial charge in [0.05, 0.1) is 0 Å². The number of hydrogen-bond acceptors (Lipinski definition) is 12. The second-order valence-electron chi connectivity index (χ2n) is 5.58. The second-order valence-corrected chi connectivity index (χ2v) is 47.6. The number of halogens is 18. The van der Waals surface area contributed by atoms with E-state index in [4.69, 9.17) is 202 Å². The summed E-state index contributed by atoms with van der Waals surface area (Å²) in [7, 11) is 0. The summed E-state index contributed by atoms with van der Waals surface area (Å²) < 4.78 is 22.0. The summed E-state index contributed by atoms with van der Waals surface area (Å²) in [5.74, 6) is -1.71. The first-order chi connectivity index (χ1) is 18.5. The van der Waals surface area contributed by atoms with E-state index in [-0.39, 0.29) is 35.7 Å². The maximum Gasteiger partial charge on any atom is 0.257 e. The average Bonchev–Trinajstić information content (AvgIpc) is 2.59. The zero-order chi connectivity index (χ0) is 32.9. The van der Waals surface area contributed by atoms with Gasteiger partial charge in [-0.05, 0) is 202 Å². The lowest BCUT2D eigenvalue weighted by Crippen LogP contribution is -1.86. The van der Waals surface area contributed by atoms with Crippen LogP contribution in [0.1, 0.15) is 0 Å². The zero-order valence-corrected chi connectivity index (χ0v) is 36.8. The van der Waals surface area contributed by atoms with Crippen molar-refractivity contribution in [2.24, 2.45) is 28.5 Å². The van der Waals surface area contributed by atoms with Gasteiger partial charge in [0, 0.05) is 0 Å². The summed E-state index contributed by atoms with van der Waals surface area (Å²) in [6, 6.07) is 0. The van der Waals surface area contributed by atoms with Crippen molar-refractivity contribution in [3.8, 4) is 0 Å². The molecule has 0 N–H and O–H groups in total. The second kappa shape index (κ2) is 18.2. The summed E-state index contributed by atoms with van der Waals surface area (Å²) in [5, 5.41) is -18.9. The van der Waals surface area contributed by atoms with Crippen molar-refractivity contribution in [1.29, 1.82) is 0 Å². The van der Waals surface area contributed by atoms with Crippen LogP contribution in [-0.2, 0) is 0 Å². The van der Waals surface area contributed by atoms with Gasteiger partial charge in [-0.15, -0.1) is 0 Å². The molecule has 2 rings (SSSR count). The predicted molar refractivity (Wildman–Crippen MR) is 199 cm³/mol. The lowest BCUT2D eigenvalue weighted by molar-refractivity contribution is 1.03. The van der Waals surface area contributed by atoms with Crippen molar-refractivity contribution < 1.29 is 0 Å². The van der Waals surface area contributed by atoms with Crippen LogP contribution in [0.2, 0.25) is 0 Å². The predicted octanol–water partition coefficient (Wildman–Crippen LogP) is 19.5. The summed E-state index contributed by atoms with van der Waals surface area (Å²) >= 11 is 101. The molecule has 0 fully saturated rings. The molecule has 12 nitrogen and oxygen atoms in total. The Morgan fingerprint density at radius 2 is 0.333 bits per heavy atom. The van der Waals surface area contributed by atoms with Crippen LogP contribution >= 0.6 is 233 Å². The molecule has 0 radical (unpaired) electrons. The lowest BCUT2D eigenvalue weighted by Gasteiger charge is -2.03. The van der Waals surface area contributed by atoms with Crippen molar-refractivity contribution in [3.05, 3.63) is 0 Å². The zero-order valence-electron chi connectivity index (χ0n) is 17.9. The van der Waals surface area contributed by atoms with E-state index < -0.39 is 30.7 Å². The molecule has 36 heteroatoms. The van der Waals surface area contributed by atoms with Crippen LogP contribution in [0.5, 0.6) is 0 Å². The summed E-state index contributed by atoms with van der Waals surface area (Å²) in [5.41, 5.74) is 0. The molecule has 2 heterocycles. The van der Waals surface area contributed by atoms with E-state index in [0.717, 1.165) is 0 Å². The fraction of sp³-hybridized carbons (Fsp3) is 0. The standard InChI is InChI=1S/2C3Cl9N6P3/c2*4-19(5,6)16-1-13-2(17-20(7,8)9)15-3(14-1)18-21(10,11)12. The molecule has 2 aromatic rings. The first-order valence-corrected chi connectivity index (χ1v) is 35.0. The minimum Gasteiger partial charge on any atom is -0.185 e. The van der Waals surface area contributed by atoms with Gasteiger partial charge in [-0.3, -0.25) is 0 Å². The summed E-state index contributed by atoms with van der Waals surface area (Å²) in [6.45, 7) is 0. The summed E-state index contributed by atoms with van der Waals surface area (Å²) in [4.78, 5) is 22.5. The molecule has 42 heavy (non-hydrogen) atoms. The first kappa shape index (κ1) is 44.6. The third-order valence-corrected chi connectivity index (χ3v) is 8.93. The van der Waals surface area contributed by atoms with E-state index in [1.807, 2.05) is 0 Å². The van der Waals surface area contributed by atoms with Gasteiger partial charge in [-0.25, -0.2) is 0 Å². The molecule has 0 unspecified atom stereocenters. The van der Waals surface area contributed by atoms with E-state index in [1.165, 1.54) is 0 Å². The van der Waals surface area contributed by atoms with Crippen LogP contribution in [0, 0.1) is 0 Å². The first-order valence-electron chi connectivity index (χ1n) is 8.27. The molecule has 0 aliphatic carbocycles. The molecule has 0 saturated heterocycles. The normalized spacial score (nSPS) is 13.0. The van der Waals surface area contributed by atoms with Crippen LogP contribution in [0.15, 0.2) is 28.5 Å². The highest BCUT2D eigenvalue weighted by molar-refractivity contribution is 8.28. The van der Waals surface area contributed by atoms with Crippen LogP contribution < -0.4 is 0 Å². The van der Waals surface area contributed by atoms with Gasteiger partial charge in [0.15, 0.2) is 0 Å². The van der Waals surface area contributed by atoms with Gasteiger partial charge < -0.3 is 0 Å². The molecule has 0 saturated carbocycles. The van der Waals surface area contributed by atoms with E-state index in [9.17, 15) is 0 Å². The van der Waals surface area contributed by atoms with Crippen LogP contribution in [0.4, 0.5) is 35.7 Å². The highest BCUT2D eigenvalue weighted by Crippen LogP contribution is 2.70. The topological polar surface area (TPSA) is 152 Å². The van der Waals surface area contributed by atoms with E-state index in [0.29, 0.717) is 0 Å². The van der Waals surface area contributed by atoms with Gasteiger partial charge in [0.2, 0.25) is 30.7 Å². The molecule has 0 atom stereocenters. The number of rotatable bonds is 6. The minimum absolute atomic E-state index is 0.285. The Morgan fingerprint density at radius 3 is 0.405 bits per heavy atom. The Labute approximate surface area is 322 Å². The number of aromatic nitrogens is 6. The molecule has 0 bridgehead atoms. The van der Waals surface area contributed by atoms with E-state index in [2.05, 4.69) is 58.4 Å². The van der Waals surface area contributed by atoms with Crippen molar-refractivity contribution >= 4 is 269 Å². The van der Waals surface area contributed by atoms with Gasteiger partial charge in [0.25, 0.3) is 35.7 Å². The smallest absolute Gasteiger partial charge is 0.185 e. The largest absolute Gasteiger partial charge is 0.257 e. The Bertz CT molecular complexity index is 1250. The van der Waals surface area contributed by atoms with Crippen molar-refractivity contribution in [1.82, 2.24) is 29.9 Å². The Kier molecular flexibility index (Phi) is 19.4. The van der Waals surface area contributed by atoms with Gasteiger partial charge in [0.1, 0.15) is 0 Å². The minimum atomic E-state index is -3.15. The van der Waals surface area contributed by atoms with Crippen molar-refractivity contribution in [2.45, 2.75) is 0 Å². The van der Waals surface area contributed by atoms with Gasteiger partial charge >= 0.3 is 0 Å². The third kappa shape index (κ3) is 24.7. The number of nitrogens with zero attached hydrogens (tertiary/aromatic N) is 12. The molecule has 0 aliphatic rings. The Hall–Kier alpha value is 4.62. The molecule has 2 aromatic heterocycles. The molecule has 0 aliphatic heterocycles. The van der Waals surface area contributed by atoms with Gasteiger partial charge in [-0.1, -0.05) is 0 Å². The van der Waals surface area contributed by atoms with Gasteiger partial charge in [-0.2, -0.15) is 58.4 Å². The monoisotopic (exact) mass is 1060 g/mol. The average molecular weight is 1060 g/mol. The van der Waals surface area contributed by atoms with Crippen molar-refractivity contribution in [2.75, 3.05) is 0 Å². The Morgan fingerprint density at radius 1 is 0.238 bits per heavy atom. The van der Waals surface area contributed by atoms with Crippen molar-refractivity contribution in [3.63, 3.8) is 0 Å².